The lowest BCUT2D eigenvalue weighted by molar-refractivity contribution is -0.137. The number of amides is 1. The molecule has 2 N–H and O–H groups in total. The van der Waals surface area contributed by atoms with Crippen LogP contribution in [-0.2, 0) is 28.0 Å². The van der Waals surface area contributed by atoms with E-state index in [4.69, 9.17) is 10.5 Å². The van der Waals surface area contributed by atoms with Crippen molar-refractivity contribution in [3.05, 3.63) is 53.6 Å². The number of ether oxygens (including phenoxy) is 1. The Balaban J connectivity index is 1.94. The Bertz CT molecular complexity index is 1040. The monoisotopic (exact) mass is 350 g/mol. The van der Waals surface area contributed by atoms with Crippen LogP contribution in [0.5, 0.6) is 5.75 Å². The highest BCUT2D eigenvalue weighted by Crippen LogP contribution is 2.44. The predicted octanol–water partition coefficient (Wildman–Crippen LogP) is 1.70. The maximum Gasteiger partial charge on any atom is 0.321 e. The molecule has 132 valence electrons. The summed E-state index contributed by atoms with van der Waals surface area (Å²) in [6.07, 6.45) is 3.21. The summed E-state index contributed by atoms with van der Waals surface area (Å²) in [5, 5.41) is 6.01. The van der Waals surface area contributed by atoms with Crippen molar-refractivity contribution in [3.8, 4) is 5.75 Å². The lowest BCUT2D eigenvalue weighted by Gasteiger charge is -2.17. The topological polar surface area (TPSA) is 100 Å². The second-order valence-corrected chi connectivity index (χ2v) is 7.03. The zero-order chi connectivity index (χ0) is 18.5. The number of esters is 1. The standard InChI is InChI=1S/C19H18N4O3/c1-19(2)17-14-6-13(8-23-10-21-9-22-23)12(7-16(20)24)5-11(14)3-4-15(17)26-18(19)25/h3-6,9-10H,7-8H2,1-2H3,(H2,20,24). The van der Waals surface area contributed by atoms with Gasteiger partial charge in [-0.25, -0.2) is 9.67 Å². The highest BCUT2D eigenvalue weighted by molar-refractivity contribution is 6.00. The maximum absolute atomic E-state index is 12.2. The van der Waals surface area contributed by atoms with Crippen molar-refractivity contribution in [2.45, 2.75) is 32.2 Å². The maximum atomic E-state index is 12.2. The number of hydrogen-bond donors (Lipinski definition) is 1. The Hall–Kier alpha value is -3.22. The van der Waals surface area contributed by atoms with Crippen LogP contribution in [0.2, 0.25) is 0 Å². The summed E-state index contributed by atoms with van der Waals surface area (Å²) >= 11 is 0. The normalized spacial score (nSPS) is 15.1. The van der Waals surface area contributed by atoms with Gasteiger partial charge in [-0.05, 0) is 47.9 Å². The van der Waals surface area contributed by atoms with Gasteiger partial charge in [0, 0.05) is 5.56 Å². The summed E-state index contributed by atoms with van der Waals surface area (Å²) in [4.78, 5) is 27.7. The Morgan fingerprint density at radius 2 is 2.08 bits per heavy atom. The fourth-order valence-corrected chi connectivity index (χ4v) is 3.49. The van der Waals surface area contributed by atoms with E-state index in [0.717, 1.165) is 27.5 Å². The number of hydrogen-bond acceptors (Lipinski definition) is 5. The Labute approximate surface area is 149 Å². The minimum Gasteiger partial charge on any atom is -0.426 e. The first-order chi connectivity index (χ1) is 12.4. The lowest BCUT2D eigenvalue weighted by Crippen LogP contribution is -2.26. The van der Waals surface area contributed by atoms with Gasteiger partial charge in [-0.3, -0.25) is 9.59 Å². The molecule has 2 heterocycles. The third-order valence-electron chi connectivity index (χ3n) is 4.80. The molecule has 0 atom stereocenters. The van der Waals surface area contributed by atoms with E-state index in [2.05, 4.69) is 10.1 Å². The van der Waals surface area contributed by atoms with E-state index in [1.807, 2.05) is 32.0 Å². The molecular formula is C19H18N4O3. The number of fused-ring (bicyclic) bond motifs is 3. The molecule has 0 bridgehead atoms. The van der Waals surface area contributed by atoms with Gasteiger partial charge in [0.25, 0.3) is 0 Å². The summed E-state index contributed by atoms with van der Waals surface area (Å²) in [6.45, 7) is 4.17. The number of nitrogens with zero attached hydrogens (tertiary/aromatic N) is 3. The van der Waals surface area contributed by atoms with Crippen LogP contribution < -0.4 is 10.5 Å². The van der Waals surface area contributed by atoms with E-state index in [1.165, 1.54) is 6.33 Å². The summed E-state index contributed by atoms with van der Waals surface area (Å²) in [7, 11) is 0. The van der Waals surface area contributed by atoms with E-state index in [0.29, 0.717) is 12.3 Å². The second kappa shape index (κ2) is 5.66. The molecule has 0 radical (unpaired) electrons. The van der Waals surface area contributed by atoms with Crippen LogP contribution in [0.15, 0.2) is 36.9 Å². The fraction of sp³-hybridized carbons (Fsp3) is 0.263. The molecule has 7 heteroatoms. The van der Waals surface area contributed by atoms with Gasteiger partial charge in [0.1, 0.15) is 18.4 Å². The van der Waals surface area contributed by atoms with E-state index >= 15 is 0 Å². The first-order valence-electron chi connectivity index (χ1n) is 8.28. The van der Waals surface area contributed by atoms with Crippen molar-refractivity contribution in [1.82, 2.24) is 14.8 Å². The average molecular weight is 350 g/mol. The van der Waals surface area contributed by atoms with Crippen LogP contribution in [0.25, 0.3) is 10.8 Å². The summed E-state index contributed by atoms with van der Waals surface area (Å²) in [5.74, 6) is -0.0786. The average Bonchev–Trinajstić information content (AvgIpc) is 3.15. The molecule has 7 nitrogen and oxygen atoms in total. The number of nitrogens with two attached hydrogens (primary N) is 1. The van der Waals surface area contributed by atoms with Crippen LogP contribution in [0.4, 0.5) is 0 Å². The molecule has 4 rings (SSSR count). The quantitative estimate of drug-likeness (QED) is 0.570. The first kappa shape index (κ1) is 16.3. The van der Waals surface area contributed by atoms with Crippen LogP contribution in [0, 0.1) is 0 Å². The molecule has 0 aliphatic carbocycles. The van der Waals surface area contributed by atoms with Crippen molar-refractivity contribution >= 4 is 22.6 Å². The molecule has 1 aromatic heterocycles. The minimum absolute atomic E-state index is 0.135. The van der Waals surface area contributed by atoms with Crippen molar-refractivity contribution in [3.63, 3.8) is 0 Å². The summed E-state index contributed by atoms with van der Waals surface area (Å²) in [6, 6.07) is 7.64. The van der Waals surface area contributed by atoms with Gasteiger partial charge in [0.05, 0.1) is 18.4 Å². The SMILES string of the molecule is CC1(C)C(=O)Oc2ccc3cc(CC(N)=O)c(Cn4cncn4)cc3c21. The number of primary amides is 1. The van der Waals surface area contributed by atoms with Crippen LogP contribution in [0.3, 0.4) is 0 Å². The Morgan fingerprint density at radius 3 is 2.77 bits per heavy atom. The van der Waals surface area contributed by atoms with Gasteiger partial charge >= 0.3 is 5.97 Å². The molecule has 0 fully saturated rings. The third kappa shape index (κ3) is 2.52. The predicted molar refractivity (Wildman–Crippen MR) is 94.6 cm³/mol. The minimum atomic E-state index is -0.732. The molecule has 0 saturated carbocycles. The largest absolute Gasteiger partial charge is 0.426 e. The Morgan fingerprint density at radius 1 is 1.27 bits per heavy atom. The van der Waals surface area contributed by atoms with Gasteiger partial charge in [-0.15, -0.1) is 0 Å². The molecule has 0 saturated heterocycles. The van der Waals surface area contributed by atoms with E-state index in [9.17, 15) is 9.59 Å². The zero-order valence-corrected chi connectivity index (χ0v) is 14.5. The van der Waals surface area contributed by atoms with E-state index < -0.39 is 11.3 Å². The molecule has 26 heavy (non-hydrogen) atoms. The van der Waals surface area contributed by atoms with E-state index in [1.54, 1.807) is 17.1 Å². The van der Waals surface area contributed by atoms with Gasteiger partial charge in [0.2, 0.25) is 5.91 Å². The number of carbonyl (C=O) groups is 2. The van der Waals surface area contributed by atoms with Crippen molar-refractivity contribution in [2.75, 3.05) is 0 Å². The van der Waals surface area contributed by atoms with Crippen LogP contribution >= 0.6 is 0 Å². The molecule has 3 aromatic rings. The van der Waals surface area contributed by atoms with Crippen LogP contribution in [0.1, 0.15) is 30.5 Å². The third-order valence-corrected chi connectivity index (χ3v) is 4.80. The van der Waals surface area contributed by atoms with Gasteiger partial charge in [0.15, 0.2) is 0 Å². The number of carbonyl (C=O) groups excluding carboxylic acids is 2. The van der Waals surface area contributed by atoms with Gasteiger partial charge in [-0.2, -0.15) is 5.10 Å². The summed E-state index contributed by atoms with van der Waals surface area (Å²) in [5.41, 5.74) is 7.30. The van der Waals surface area contributed by atoms with Gasteiger partial charge < -0.3 is 10.5 Å². The number of rotatable bonds is 4. The van der Waals surface area contributed by atoms with Crippen molar-refractivity contribution in [2.24, 2.45) is 5.73 Å². The van der Waals surface area contributed by atoms with Crippen molar-refractivity contribution < 1.29 is 14.3 Å². The highest BCUT2D eigenvalue weighted by Gasteiger charge is 2.42. The van der Waals surface area contributed by atoms with Crippen molar-refractivity contribution in [1.29, 1.82) is 0 Å². The lowest BCUT2D eigenvalue weighted by atomic mass is 9.82. The first-order valence-corrected chi connectivity index (χ1v) is 8.28. The highest BCUT2D eigenvalue weighted by atomic mass is 16.5. The molecule has 0 unspecified atom stereocenters. The van der Waals surface area contributed by atoms with E-state index in [-0.39, 0.29) is 12.4 Å². The zero-order valence-electron chi connectivity index (χ0n) is 14.5. The van der Waals surface area contributed by atoms with Gasteiger partial charge in [-0.1, -0.05) is 12.1 Å². The van der Waals surface area contributed by atoms with Crippen LogP contribution in [-0.4, -0.2) is 26.6 Å². The molecular weight excluding hydrogens is 332 g/mol. The Kier molecular flexibility index (Phi) is 3.54. The molecule has 0 spiro atoms. The molecule has 1 aliphatic rings. The summed E-state index contributed by atoms with van der Waals surface area (Å²) < 4.78 is 7.11. The number of benzene rings is 2. The number of aromatic nitrogens is 3. The fourth-order valence-electron chi connectivity index (χ4n) is 3.49. The molecule has 1 amide bonds. The smallest absolute Gasteiger partial charge is 0.321 e. The second-order valence-electron chi connectivity index (χ2n) is 7.03. The molecule has 1 aliphatic heterocycles. The molecule has 2 aromatic carbocycles.